The number of Topliss-reactive ketones (excluding diaryl/α,β-unsaturated/α-hetero) is 1. The first-order valence-corrected chi connectivity index (χ1v) is 11.7. The highest BCUT2D eigenvalue weighted by atomic mass is 16.7. The minimum Gasteiger partial charge on any atom is -0.507 e. The number of aliphatic hydroxyl groups is 1. The molecule has 37 heavy (non-hydrogen) atoms. The van der Waals surface area contributed by atoms with Gasteiger partial charge in [-0.2, -0.15) is 0 Å². The zero-order valence-electron chi connectivity index (χ0n) is 20.5. The van der Waals surface area contributed by atoms with Gasteiger partial charge in [-0.1, -0.05) is 6.07 Å². The van der Waals surface area contributed by atoms with Gasteiger partial charge in [0.25, 0.3) is 11.7 Å². The van der Waals surface area contributed by atoms with Gasteiger partial charge in [-0.15, -0.1) is 0 Å². The van der Waals surface area contributed by atoms with Crippen LogP contribution in [-0.2, 0) is 9.59 Å². The average molecular weight is 504 g/mol. The summed E-state index contributed by atoms with van der Waals surface area (Å²) in [6.45, 7) is 3.93. The molecule has 1 fully saturated rings. The van der Waals surface area contributed by atoms with Crippen LogP contribution in [-0.4, -0.2) is 42.4 Å². The smallest absolute Gasteiger partial charge is 0.300 e. The summed E-state index contributed by atoms with van der Waals surface area (Å²) in [5, 5.41) is 21.6. The molecule has 0 saturated carbocycles. The Bertz CT molecular complexity index is 1440. The van der Waals surface area contributed by atoms with Gasteiger partial charge >= 0.3 is 0 Å². The van der Waals surface area contributed by atoms with E-state index in [-0.39, 0.29) is 29.6 Å². The number of aromatic hydroxyl groups is 1. The highest BCUT2D eigenvalue weighted by molar-refractivity contribution is 6.51. The number of rotatable bonds is 6. The third-order valence-electron chi connectivity index (χ3n) is 6.35. The number of hydrogen-bond donors (Lipinski definition) is 2. The van der Waals surface area contributed by atoms with E-state index in [0.717, 1.165) is 5.56 Å². The zero-order valence-corrected chi connectivity index (χ0v) is 20.5. The summed E-state index contributed by atoms with van der Waals surface area (Å²) in [6.07, 6.45) is 0. The molecular weight excluding hydrogens is 478 g/mol. The second-order valence-electron chi connectivity index (χ2n) is 8.55. The molecule has 0 aromatic heterocycles. The molecule has 190 valence electrons. The second-order valence-corrected chi connectivity index (χ2v) is 8.55. The third-order valence-corrected chi connectivity index (χ3v) is 6.35. The molecule has 2 aliphatic heterocycles. The molecule has 1 amide bonds. The van der Waals surface area contributed by atoms with E-state index in [2.05, 4.69) is 0 Å². The van der Waals surface area contributed by atoms with Crippen molar-refractivity contribution in [1.29, 1.82) is 0 Å². The molecule has 2 heterocycles. The van der Waals surface area contributed by atoms with Gasteiger partial charge in [0.05, 0.1) is 25.3 Å². The van der Waals surface area contributed by atoms with Crippen LogP contribution in [0.5, 0.6) is 28.7 Å². The van der Waals surface area contributed by atoms with Crippen LogP contribution in [0.15, 0.2) is 60.2 Å². The number of hydrogen-bond acceptors (Lipinski definition) is 8. The molecule has 0 bridgehead atoms. The van der Waals surface area contributed by atoms with Crippen molar-refractivity contribution in [2.24, 2.45) is 0 Å². The molecule has 1 saturated heterocycles. The number of anilines is 1. The molecule has 2 aliphatic rings. The van der Waals surface area contributed by atoms with Gasteiger partial charge in [-0.05, 0) is 67.4 Å². The van der Waals surface area contributed by atoms with Crippen LogP contribution in [0.25, 0.3) is 5.76 Å². The predicted molar refractivity (Wildman–Crippen MR) is 134 cm³/mol. The zero-order chi connectivity index (χ0) is 26.3. The highest BCUT2D eigenvalue weighted by Gasteiger charge is 2.47. The number of ether oxygens (including phenoxy) is 4. The first kappa shape index (κ1) is 24.1. The Kier molecular flexibility index (Phi) is 6.12. The van der Waals surface area contributed by atoms with Crippen LogP contribution in [0.3, 0.4) is 0 Å². The van der Waals surface area contributed by atoms with E-state index in [4.69, 9.17) is 18.9 Å². The van der Waals surface area contributed by atoms with Crippen molar-refractivity contribution in [2.75, 3.05) is 25.4 Å². The molecule has 5 rings (SSSR count). The van der Waals surface area contributed by atoms with Crippen molar-refractivity contribution in [3.05, 3.63) is 76.9 Å². The Labute approximate surface area is 213 Å². The van der Waals surface area contributed by atoms with Crippen molar-refractivity contribution in [3.63, 3.8) is 0 Å². The predicted octanol–water partition coefficient (Wildman–Crippen LogP) is 4.46. The van der Waals surface area contributed by atoms with Crippen molar-refractivity contribution in [3.8, 4) is 28.7 Å². The number of amides is 1. The van der Waals surface area contributed by atoms with E-state index < -0.39 is 17.7 Å². The van der Waals surface area contributed by atoms with E-state index >= 15 is 0 Å². The second kappa shape index (κ2) is 9.42. The standard InChI is InChI=1S/C28H25NO8/c1-4-35-22-12-16(5-8-19(22)30)25-24(26(31)17-6-9-20(34-3)15(2)11-17)27(32)28(33)29(25)18-7-10-21-23(13-18)37-14-36-21/h5-13,25,30-31H,4,14H2,1-3H3/b26-24+. The number of phenolic OH excluding ortho intramolecular Hbond substituents is 1. The molecule has 1 atom stereocenters. The normalized spacial score (nSPS) is 17.8. The molecular formula is C28H25NO8. The molecule has 0 radical (unpaired) electrons. The molecule has 9 heteroatoms. The van der Waals surface area contributed by atoms with E-state index in [9.17, 15) is 19.8 Å². The number of carbonyl (C=O) groups is 2. The first-order chi connectivity index (χ1) is 17.8. The van der Waals surface area contributed by atoms with Gasteiger partial charge in [0.2, 0.25) is 6.79 Å². The Morgan fingerprint density at radius 2 is 1.81 bits per heavy atom. The molecule has 3 aromatic rings. The molecule has 1 unspecified atom stereocenters. The third kappa shape index (κ3) is 4.08. The van der Waals surface area contributed by atoms with E-state index in [1.54, 1.807) is 62.6 Å². The maximum atomic E-state index is 13.4. The number of aliphatic hydroxyl groups excluding tert-OH is 1. The Hall–Kier alpha value is -4.66. The maximum Gasteiger partial charge on any atom is 0.300 e. The van der Waals surface area contributed by atoms with Gasteiger partial charge in [-0.3, -0.25) is 14.5 Å². The van der Waals surface area contributed by atoms with E-state index in [1.807, 2.05) is 6.92 Å². The lowest BCUT2D eigenvalue weighted by atomic mass is 9.94. The van der Waals surface area contributed by atoms with Gasteiger partial charge in [0.1, 0.15) is 11.5 Å². The number of nitrogens with zero attached hydrogens (tertiary/aromatic N) is 1. The minimum atomic E-state index is -1.01. The number of phenols is 1. The number of aryl methyl sites for hydroxylation is 1. The van der Waals surface area contributed by atoms with Crippen LogP contribution < -0.4 is 23.8 Å². The molecule has 0 spiro atoms. The molecule has 0 aliphatic carbocycles. The topological polar surface area (TPSA) is 115 Å². The van der Waals surface area contributed by atoms with Crippen molar-refractivity contribution >= 4 is 23.1 Å². The summed E-state index contributed by atoms with van der Waals surface area (Å²) in [7, 11) is 1.54. The van der Waals surface area contributed by atoms with E-state index in [1.165, 1.54) is 11.0 Å². The Balaban J connectivity index is 1.71. The van der Waals surface area contributed by atoms with Crippen molar-refractivity contribution in [2.45, 2.75) is 19.9 Å². The SMILES string of the molecule is CCOc1cc(C2/C(=C(\O)c3ccc(OC)c(C)c3)C(=O)C(=O)N2c2ccc3c(c2)OCO3)ccc1O. The number of ketones is 1. The van der Waals surface area contributed by atoms with Gasteiger partial charge < -0.3 is 29.2 Å². The van der Waals surface area contributed by atoms with Crippen LogP contribution in [0.4, 0.5) is 5.69 Å². The quantitative estimate of drug-likeness (QED) is 0.288. The first-order valence-electron chi connectivity index (χ1n) is 11.7. The fourth-order valence-electron chi connectivity index (χ4n) is 4.60. The largest absolute Gasteiger partial charge is 0.507 e. The lowest BCUT2D eigenvalue weighted by molar-refractivity contribution is -0.132. The maximum absolute atomic E-state index is 13.4. The van der Waals surface area contributed by atoms with Crippen molar-refractivity contribution < 1.29 is 38.7 Å². The summed E-state index contributed by atoms with van der Waals surface area (Å²) in [5.74, 6) is -0.315. The summed E-state index contributed by atoms with van der Waals surface area (Å²) in [6, 6.07) is 13.5. The summed E-state index contributed by atoms with van der Waals surface area (Å²) in [5.41, 5.74) is 1.85. The van der Waals surface area contributed by atoms with Crippen LogP contribution in [0.1, 0.15) is 29.7 Å². The van der Waals surface area contributed by atoms with Gasteiger partial charge in [0.15, 0.2) is 23.0 Å². The summed E-state index contributed by atoms with van der Waals surface area (Å²) >= 11 is 0. The lowest BCUT2D eigenvalue weighted by Crippen LogP contribution is -2.29. The average Bonchev–Trinajstić information content (AvgIpc) is 3.47. The van der Waals surface area contributed by atoms with Crippen LogP contribution in [0.2, 0.25) is 0 Å². The minimum absolute atomic E-state index is 0.0491. The Morgan fingerprint density at radius 1 is 1.03 bits per heavy atom. The fraction of sp³-hybridized carbons (Fsp3) is 0.214. The Morgan fingerprint density at radius 3 is 2.54 bits per heavy atom. The fourth-order valence-corrected chi connectivity index (χ4v) is 4.60. The van der Waals surface area contributed by atoms with Gasteiger partial charge in [-0.25, -0.2) is 0 Å². The molecule has 2 N–H and O–H groups in total. The van der Waals surface area contributed by atoms with Crippen LogP contribution in [0, 0.1) is 6.92 Å². The number of benzene rings is 3. The summed E-state index contributed by atoms with van der Waals surface area (Å²) < 4.78 is 21.7. The lowest BCUT2D eigenvalue weighted by Gasteiger charge is -2.26. The molecule has 3 aromatic carbocycles. The molecule has 9 nitrogen and oxygen atoms in total. The summed E-state index contributed by atoms with van der Waals surface area (Å²) in [4.78, 5) is 28.2. The number of carbonyl (C=O) groups excluding carboxylic acids is 2. The number of methoxy groups -OCH3 is 1. The van der Waals surface area contributed by atoms with Gasteiger partial charge in [0, 0.05) is 17.3 Å². The highest BCUT2D eigenvalue weighted by Crippen LogP contribution is 2.46. The number of fused-ring (bicyclic) bond motifs is 1. The van der Waals surface area contributed by atoms with Crippen LogP contribution >= 0.6 is 0 Å². The van der Waals surface area contributed by atoms with Crippen molar-refractivity contribution in [1.82, 2.24) is 0 Å². The monoisotopic (exact) mass is 503 g/mol. The van der Waals surface area contributed by atoms with E-state index in [0.29, 0.717) is 40.7 Å².